The average Bonchev–Trinajstić information content (AvgIpc) is 3.40. The zero-order chi connectivity index (χ0) is 23.2. The van der Waals surface area contributed by atoms with Crippen LogP contribution in [0.4, 0.5) is 16.2 Å². The molecule has 1 unspecified atom stereocenters. The quantitative estimate of drug-likeness (QED) is 0.548. The van der Waals surface area contributed by atoms with Crippen molar-refractivity contribution in [3.8, 4) is 5.75 Å². The van der Waals surface area contributed by atoms with E-state index in [1.165, 1.54) is 5.56 Å². The number of carbonyl (C=O) groups excluding carboxylic acids is 2. The topological polar surface area (TPSA) is 102 Å². The molecule has 3 aromatic rings. The van der Waals surface area contributed by atoms with Gasteiger partial charge in [0.15, 0.2) is 6.61 Å². The highest BCUT2D eigenvalue weighted by atomic mass is 16.6. The van der Waals surface area contributed by atoms with Crippen LogP contribution in [-0.2, 0) is 16.0 Å². The summed E-state index contributed by atoms with van der Waals surface area (Å²) in [4.78, 5) is 38.1. The fourth-order valence-corrected chi connectivity index (χ4v) is 5.08. The SMILES string of the molecule is O=C1COc2ccc(N3C[C@@H](CCNCC4Cc5cccc6ccc(=O)n4c56)OC3=O)cc2N1. The van der Waals surface area contributed by atoms with E-state index in [1.807, 2.05) is 22.8 Å². The van der Waals surface area contributed by atoms with Gasteiger partial charge in [0.25, 0.3) is 11.5 Å². The molecule has 4 heterocycles. The van der Waals surface area contributed by atoms with Crippen molar-refractivity contribution >= 4 is 34.3 Å². The minimum absolute atomic E-state index is 0.0100. The summed E-state index contributed by atoms with van der Waals surface area (Å²) in [5.41, 5.74) is 3.47. The Hall–Kier alpha value is -3.85. The number of pyridine rings is 1. The number of aromatic nitrogens is 1. The zero-order valence-corrected chi connectivity index (χ0v) is 18.5. The summed E-state index contributed by atoms with van der Waals surface area (Å²) in [7, 11) is 0. The highest BCUT2D eigenvalue weighted by molar-refractivity contribution is 5.97. The number of amides is 2. The number of cyclic esters (lactones) is 1. The van der Waals surface area contributed by atoms with Crippen LogP contribution in [-0.4, -0.2) is 48.9 Å². The van der Waals surface area contributed by atoms with E-state index in [0.717, 1.165) is 17.3 Å². The molecular formula is C25H24N4O5. The second-order valence-corrected chi connectivity index (χ2v) is 8.88. The number of nitrogens with one attached hydrogen (secondary N) is 2. The molecule has 2 amide bonds. The molecule has 6 rings (SSSR count). The molecule has 1 saturated heterocycles. The van der Waals surface area contributed by atoms with E-state index in [0.29, 0.717) is 43.2 Å². The summed E-state index contributed by atoms with van der Waals surface area (Å²) in [5, 5.41) is 7.29. The van der Waals surface area contributed by atoms with Crippen LogP contribution in [0.15, 0.2) is 53.3 Å². The Morgan fingerprint density at radius 1 is 1.09 bits per heavy atom. The average molecular weight is 460 g/mol. The Balaban J connectivity index is 1.05. The zero-order valence-electron chi connectivity index (χ0n) is 18.5. The Bertz CT molecular complexity index is 1370. The van der Waals surface area contributed by atoms with Gasteiger partial charge < -0.3 is 24.7 Å². The second kappa shape index (κ2) is 8.18. The molecule has 0 saturated carbocycles. The van der Waals surface area contributed by atoms with Gasteiger partial charge in [0.2, 0.25) is 0 Å². The summed E-state index contributed by atoms with van der Waals surface area (Å²) in [5.74, 6) is 0.363. The number of hydrogen-bond donors (Lipinski definition) is 2. The lowest BCUT2D eigenvalue weighted by Crippen LogP contribution is -2.32. The maximum Gasteiger partial charge on any atom is 0.414 e. The van der Waals surface area contributed by atoms with Gasteiger partial charge in [-0.1, -0.05) is 18.2 Å². The number of nitrogens with zero attached hydrogens (tertiary/aromatic N) is 2. The van der Waals surface area contributed by atoms with Crippen molar-refractivity contribution in [2.45, 2.75) is 25.0 Å². The van der Waals surface area contributed by atoms with Gasteiger partial charge in [0.05, 0.1) is 23.8 Å². The predicted octanol–water partition coefficient (Wildman–Crippen LogP) is 2.43. The lowest BCUT2D eigenvalue weighted by atomic mass is 10.1. The standard InChI is InChI=1S/C25H24N4O5/c30-22-14-33-21-6-5-17(11-20(21)27-22)28-13-19(34-25(28)32)8-9-26-12-18-10-16-3-1-2-15-4-7-23(31)29(18)24(15)16/h1-7,11,18-19,26H,8-10,12-14H2,(H,27,30)/t18?,19-/m1/s1. The molecule has 1 aromatic heterocycles. The number of para-hydroxylation sites is 1. The molecule has 1 fully saturated rings. The first-order valence-electron chi connectivity index (χ1n) is 11.5. The van der Waals surface area contributed by atoms with Crippen molar-refractivity contribution < 1.29 is 19.1 Å². The van der Waals surface area contributed by atoms with Gasteiger partial charge in [0, 0.05) is 18.3 Å². The minimum Gasteiger partial charge on any atom is -0.482 e. The number of anilines is 2. The van der Waals surface area contributed by atoms with Crippen molar-refractivity contribution in [1.82, 2.24) is 9.88 Å². The molecule has 9 nitrogen and oxygen atoms in total. The van der Waals surface area contributed by atoms with Gasteiger partial charge in [-0.3, -0.25) is 14.5 Å². The molecule has 3 aliphatic heterocycles. The van der Waals surface area contributed by atoms with Gasteiger partial charge in [-0.25, -0.2) is 4.79 Å². The van der Waals surface area contributed by atoms with E-state index in [9.17, 15) is 14.4 Å². The van der Waals surface area contributed by atoms with Crippen LogP contribution in [0.5, 0.6) is 5.75 Å². The third-order valence-corrected chi connectivity index (χ3v) is 6.66. The molecule has 9 heteroatoms. The van der Waals surface area contributed by atoms with Crippen molar-refractivity contribution in [3.05, 3.63) is 64.4 Å². The monoisotopic (exact) mass is 460 g/mol. The number of fused-ring (bicyclic) bond motifs is 1. The van der Waals surface area contributed by atoms with E-state index >= 15 is 0 Å². The van der Waals surface area contributed by atoms with Gasteiger partial charge >= 0.3 is 6.09 Å². The second-order valence-electron chi connectivity index (χ2n) is 8.88. The van der Waals surface area contributed by atoms with Crippen LogP contribution >= 0.6 is 0 Å². The number of ether oxygens (including phenoxy) is 2. The van der Waals surface area contributed by atoms with Gasteiger partial charge in [-0.05, 0) is 54.6 Å². The summed E-state index contributed by atoms with van der Waals surface area (Å²) in [6.45, 7) is 1.76. The number of benzene rings is 2. The van der Waals surface area contributed by atoms with E-state index in [4.69, 9.17) is 9.47 Å². The summed E-state index contributed by atoms with van der Waals surface area (Å²) in [6.07, 6.45) is 0.839. The lowest BCUT2D eigenvalue weighted by molar-refractivity contribution is -0.118. The van der Waals surface area contributed by atoms with Gasteiger partial charge in [0.1, 0.15) is 11.9 Å². The van der Waals surface area contributed by atoms with Crippen molar-refractivity contribution in [2.24, 2.45) is 0 Å². The fourth-order valence-electron chi connectivity index (χ4n) is 5.08. The first-order valence-corrected chi connectivity index (χ1v) is 11.5. The van der Waals surface area contributed by atoms with Gasteiger partial charge in [-0.2, -0.15) is 0 Å². The molecule has 2 aromatic carbocycles. The van der Waals surface area contributed by atoms with E-state index in [1.54, 1.807) is 29.2 Å². The summed E-state index contributed by atoms with van der Waals surface area (Å²) < 4.78 is 12.8. The molecule has 0 radical (unpaired) electrons. The van der Waals surface area contributed by atoms with Crippen LogP contribution in [0.25, 0.3) is 10.9 Å². The maximum atomic E-state index is 12.5. The Morgan fingerprint density at radius 3 is 2.91 bits per heavy atom. The predicted molar refractivity (Wildman–Crippen MR) is 127 cm³/mol. The van der Waals surface area contributed by atoms with Crippen LogP contribution < -0.4 is 25.8 Å². The molecule has 3 aliphatic rings. The van der Waals surface area contributed by atoms with Crippen molar-refractivity contribution in [2.75, 3.05) is 36.5 Å². The van der Waals surface area contributed by atoms with Crippen LogP contribution in [0.3, 0.4) is 0 Å². The molecule has 2 atom stereocenters. The summed E-state index contributed by atoms with van der Waals surface area (Å²) in [6, 6.07) is 15.0. The van der Waals surface area contributed by atoms with Gasteiger partial charge in [-0.15, -0.1) is 0 Å². The Morgan fingerprint density at radius 2 is 2.00 bits per heavy atom. The number of hydrogen-bond acceptors (Lipinski definition) is 6. The third-order valence-electron chi connectivity index (χ3n) is 6.66. The lowest BCUT2D eigenvalue weighted by Gasteiger charge is -2.20. The molecule has 0 spiro atoms. The minimum atomic E-state index is -0.405. The van der Waals surface area contributed by atoms with Crippen LogP contribution in [0, 0.1) is 0 Å². The van der Waals surface area contributed by atoms with E-state index < -0.39 is 6.09 Å². The fraction of sp³-hybridized carbons (Fsp3) is 0.320. The normalized spacial score (nSPS) is 20.8. The van der Waals surface area contributed by atoms with Crippen molar-refractivity contribution in [3.63, 3.8) is 0 Å². The van der Waals surface area contributed by atoms with Crippen LogP contribution in [0.2, 0.25) is 0 Å². The highest BCUT2D eigenvalue weighted by Gasteiger charge is 2.33. The highest BCUT2D eigenvalue weighted by Crippen LogP contribution is 2.34. The molecular weight excluding hydrogens is 436 g/mol. The Kier molecular flexibility index (Phi) is 4.99. The van der Waals surface area contributed by atoms with Crippen molar-refractivity contribution in [1.29, 1.82) is 0 Å². The van der Waals surface area contributed by atoms with Crippen LogP contribution in [0.1, 0.15) is 18.0 Å². The molecule has 0 aliphatic carbocycles. The first kappa shape index (κ1) is 20.7. The molecule has 2 N–H and O–H groups in total. The third kappa shape index (κ3) is 3.58. The largest absolute Gasteiger partial charge is 0.482 e. The summed E-state index contributed by atoms with van der Waals surface area (Å²) >= 11 is 0. The molecule has 0 bridgehead atoms. The molecule has 174 valence electrons. The van der Waals surface area contributed by atoms with E-state index in [-0.39, 0.29) is 30.2 Å². The maximum absolute atomic E-state index is 12.5. The smallest absolute Gasteiger partial charge is 0.414 e. The molecule has 34 heavy (non-hydrogen) atoms. The number of carbonyl (C=O) groups is 2. The first-order chi connectivity index (χ1) is 16.6. The van der Waals surface area contributed by atoms with E-state index in [2.05, 4.69) is 16.7 Å². The Labute approximate surface area is 195 Å². The number of rotatable bonds is 6.